The zero-order valence-electron chi connectivity index (χ0n) is 11.2. The van der Waals surface area contributed by atoms with Crippen LogP contribution in [0.5, 0.6) is 0 Å². The van der Waals surface area contributed by atoms with E-state index in [4.69, 9.17) is 4.98 Å². The quantitative estimate of drug-likeness (QED) is 0.492. The van der Waals surface area contributed by atoms with E-state index in [2.05, 4.69) is 65.2 Å². The van der Waals surface area contributed by atoms with Gasteiger partial charge in [0.2, 0.25) is 0 Å². The van der Waals surface area contributed by atoms with Crippen LogP contribution >= 0.6 is 0 Å². The van der Waals surface area contributed by atoms with E-state index in [1.807, 2.05) is 13.0 Å². The van der Waals surface area contributed by atoms with E-state index in [0.717, 1.165) is 16.7 Å². The molecule has 0 saturated heterocycles. The second-order valence-corrected chi connectivity index (χ2v) is 5.01. The Hall–Kier alpha value is -2.61. The number of pyridine rings is 1. The largest absolute Gasteiger partial charge is 0.308 e. The molecule has 0 spiro atoms. The molecule has 2 heteroatoms. The summed E-state index contributed by atoms with van der Waals surface area (Å²) in [6.45, 7) is 2.04. The van der Waals surface area contributed by atoms with E-state index < -0.39 is 0 Å². The van der Waals surface area contributed by atoms with Gasteiger partial charge in [0.25, 0.3) is 0 Å². The van der Waals surface area contributed by atoms with Gasteiger partial charge in [0, 0.05) is 16.8 Å². The van der Waals surface area contributed by atoms with Gasteiger partial charge in [0.05, 0.1) is 16.6 Å². The molecule has 0 saturated carbocycles. The van der Waals surface area contributed by atoms with Crippen molar-refractivity contribution in [2.24, 2.45) is 0 Å². The van der Waals surface area contributed by atoms with Crippen molar-refractivity contribution in [1.29, 1.82) is 0 Å². The highest BCUT2D eigenvalue weighted by molar-refractivity contribution is 6.07. The summed E-state index contributed by atoms with van der Waals surface area (Å²) in [6.07, 6.45) is 0. The minimum absolute atomic E-state index is 1.05. The molecule has 0 atom stereocenters. The number of fused-ring (bicyclic) bond motifs is 3. The lowest BCUT2D eigenvalue weighted by molar-refractivity contribution is 1.17. The molecular formula is C18H14N2. The van der Waals surface area contributed by atoms with Crippen LogP contribution < -0.4 is 0 Å². The summed E-state index contributed by atoms with van der Waals surface area (Å²) in [6, 6.07) is 23.1. The Bertz CT molecular complexity index is 905. The van der Waals surface area contributed by atoms with Crippen molar-refractivity contribution < 1.29 is 0 Å². The number of rotatable bonds is 1. The molecule has 0 aliphatic rings. The summed E-state index contributed by atoms with van der Waals surface area (Å²) in [7, 11) is 0. The van der Waals surface area contributed by atoms with Crippen molar-refractivity contribution in [3.05, 3.63) is 72.4 Å². The molecule has 2 aromatic heterocycles. The molecule has 0 unspecified atom stereocenters. The first-order chi connectivity index (χ1) is 9.84. The van der Waals surface area contributed by atoms with Crippen LogP contribution in [0.25, 0.3) is 27.6 Å². The van der Waals surface area contributed by atoms with Gasteiger partial charge in [-0.3, -0.25) is 4.98 Å². The maximum Gasteiger partial charge on any atom is 0.0966 e. The van der Waals surface area contributed by atoms with Crippen molar-refractivity contribution in [2.75, 3.05) is 0 Å². The highest BCUT2D eigenvalue weighted by atomic mass is 15.0. The van der Waals surface area contributed by atoms with Crippen LogP contribution in [-0.2, 0) is 0 Å². The lowest BCUT2D eigenvalue weighted by atomic mass is 10.2. The van der Waals surface area contributed by atoms with E-state index in [-0.39, 0.29) is 0 Å². The monoisotopic (exact) mass is 258 g/mol. The van der Waals surface area contributed by atoms with Gasteiger partial charge in [0.15, 0.2) is 0 Å². The summed E-state index contributed by atoms with van der Waals surface area (Å²) in [5.41, 5.74) is 5.65. The fourth-order valence-electron chi connectivity index (χ4n) is 2.78. The van der Waals surface area contributed by atoms with Crippen LogP contribution in [0.3, 0.4) is 0 Å². The average molecular weight is 258 g/mol. The second-order valence-electron chi connectivity index (χ2n) is 5.01. The van der Waals surface area contributed by atoms with E-state index in [1.165, 1.54) is 16.6 Å². The number of aromatic nitrogens is 2. The molecular weight excluding hydrogens is 244 g/mol. The number of hydrogen-bond donors (Lipinski definition) is 0. The second kappa shape index (κ2) is 4.20. The van der Waals surface area contributed by atoms with Gasteiger partial charge >= 0.3 is 0 Å². The summed E-state index contributed by atoms with van der Waals surface area (Å²) in [5, 5.41) is 1.20. The lowest BCUT2D eigenvalue weighted by Gasteiger charge is -2.06. The van der Waals surface area contributed by atoms with Crippen molar-refractivity contribution in [3.8, 4) is 5.69 Å². The molecule has 0 radical (unpaired) electrons. The van der Waals surface area contributed by atoms with Crippen molar-refractivity contribution in [2.45, 2.75) is 6.92 Å². The van der Waals surface area contributed by atoms with Crippen LogP contribution in [0, 0.1) is 6.92 Å². The van der Waals surface area contributed by atoms with Crippen LogP contribution in [0.15, 0.2) is 66.7 Å². The molecule has 4 rings (SSSR count). The van der Waals surface area contributed by atoms with Gasteiger partial charge in [-0.05, 0) is 37.3 Å². The summed E-state index contributed by atoms with van der Waals surface area (Å²) < 4.78 is 2.27. The first kappa shape index (κ1) is 11.2. The molecule has 2 aromatic carbocycles. The molecule has 0 amide bonds. The molecule has 4 aromatic rings. The van der Waals surface area contributed by atoms with Crippen LogP contribution in [0.2, 0.25) is 0 Å². The van der Waals surface area contributed by atoms with Crippen molar-refractivity contribution in [3.63, 3.8) is 0 Å². The highest BCUT2D eigenvalue weighted by Crippen LogP contribution is 2.30. The fourth-order valence-corrected chi connectivity index (χ4v) is 2.78. The summed E-state index contributed by atoms with van der Waals surface area (Å²) >= 11 is 0. The Morgan fingerprint density at radius 2 is 1.50 bits per heavy atom. The average Bonchev–Trinajstić information content (AvgIpc) is 2.82. The Labute approximate surface area is 117 Å². The van der Waals surface area contributed by atoms with Crippen molar-refractivity contribution >= 4 is 21.9 Å². The zero-order chi connectivity index (χ0) is 13.5. The molecule has 2 nitrogen and oxygen atoms in total. The molecule has 0 N–H and O–H groups in total. The van der Waals surface area contributed by atoms with E-state index in [0.29, 0.717) is 0 Å². The maximum atomic E-state index is 4.73. The Kier molecular flexibility index (Phi) is 2.36. The van der Waals surface area contributed by atoms with Gasteiger partial charge in [-0.1, -0.05) is 36.4 Å². The molecule has 0 fully saturated rings. The lowest BCUT2D eigenvalue weighted by Crippen LogP contribution is -1.93. The number of benzene rings is 2. The molecule has 0 bridgehead atoms. The van der Waals surface area contributed by atoms with E-state index in [1.54, 1.807) is 0 Å². The molecule has 96 valence electrons. The summed E-state index contributed by atoms with van der Waals surface area (Å²) in [4.78, 5) is 4.73. The third-order valence-corrected chi connectivity index (χ3v) is 3.67. The minimum Gasteiger partial charge on any atom is -0.308 e. The van der Waals surface area contributed by atoms with Gasteiger partial charge < -0.3 is 4.57 Å². The topological polar surface area (TPSA) is 17.8 Å². The molecule has 20 heavy (non-hydrogen) atoms. The third-order valence-electron chi connectivity index (χ3n) is 3.67. The maximum absolute atomic E-state index is 4.73. The predicted molar refractivity (Wildman–Crippen MR) is 83.3 cm³/mol. The number of aryl methyl sites for hydroxylation is 1. The standard InChI is InChI=1S/C18H14N2/c1-13-11-12-17-18(19-13)15-9-5-6-10-16(15)20(17)14-7-3-2-4-8-14/h2-12H,1H3. The predicted octanol–water partition coefficient (Wildman–Crippen LogP) is 4.49. The highest BCUT2D eigenvalue weighted by Gasteiger charge is 2.12. The van der Waals surface area contributed by atoms with Gasteiger partial charge in [-0.2, -0.15) is 0 Å². The first-order valence-electron chi connectivity index (χ1n) is 6.77. The van der Waals surface area contributed by atoms with Crippen molar-refractivity contribution in [1.82, 2.24) is 9.55 Å². The first-order valence-corrected chi connectivity index (χ1v) is 6.77. The van der Waals surface area contributed by atoms with Crippen LogP contribution in [0.1, 0.15) is 5.69 Å². The van der Waals surface area contributed by atoms with Gasteiger partial charge in [-0.25, -0.2) is 0 Å². The minimum atomic E-state index is 1.05. The Balaban J connectivity index is 2.22. The molecule has 2 heterocycles. The number of hydrogen-bond acceptors (Lipinski definition) is 1. The zero-order valence-corrected chi connectivity index (χ0v) is 11.2. The Morgan fingerprint density at radius 3 is 2.35 bits per heavy atom. The molecule has 0 aliphatic heterocycles. The van der Waals surface area contributed by atoms with E-state index in [9.17, 15) is 0 Å². The third kappa shape index (κ3) is 1.55. The smallest absolute Gasteiger partial charge is 0.0966 e. The molecule has 0 aliphatic carbocycles. The fraction of sp³-hybridized carbons (Fsp3) is 0.0556. The van der Waals surface area contributed by atoms with Crippen LogP contribution in [-0.4, -0.2) is 9.55 Å². The Morgan fingerprint density at radius 1 is 0.750 bits per heavy atom. The van der Waals surface area contributed by atoms with Gasteiger partial charge in [-0.15, -0.1) is 0 Å². The number of nitrogens with zero attached hydrogens (tertiary/aromatic N) is 2. The summed E-state index contributed by atoms with van der Waals surface area (Å²) in [5.74, 6) is 0. The van der Waals surface area contributed by atoms with Gasteiger partial charge in [0.1, 0.15) is 0 Å². The number of para-hydroxylation sites is 2. The van der Waals surface area contributed by atoms with Crippen LogP contribution in [0.4, 0.5) is 0 Å². The SMILES string of the molecule is Cc1ccc2c(n1)c1ccccc1n2-c1ccccc1. The van der Waals surface area contributed by atoms with E-state index >= 15 is 0 Å². The normalized spacial score (nSPS) is 11.2.